The van der Waals surface area contributed by atoms with Crippen LogP contribution in [0.5, 0.6) is 0 Å². The monoisotopic (exact) mass is 403 g/mol. The molecule has 152 valence electrons. The van der Waals surface area contributed by atoms with Crippen molar-refractivity contribution >= 4 is 23.2 Å². The van der Waals surface area contributed by atoms with Gasteiger partial charge in [0.1, 0.15) is 12.4 Å². The summed E-state index contributed by atoms with van der Waals surface area (Å²) in [6, 6.07) is 8.38. The molecular formula is C20H30ClN7. The number of guanidine groups is 1. The van der Waals surface area contributed by atoms with Gasteiger partial charge in [0.25, 0.3) is 0 Å². The Morgan fingerprint density at radius 1 is 1.36 bits per heavy atom. The predicted octanol–water partition coefficient (Wildman–Crippen LogP) is 2.89. The third-order valence-electron chi connectivity index (χ3n) is 5.09. The molecule has 2 N–H and O–H groups in total. The molecule has 1 aromatic heterocycles. The smallest absolute Gasteiger partial charge is 0.191 e. The molecule has 2 heterocycles. The van der Waals surface area contributed by atoms with E-state index in [0.29, 0.717) is 12.6 Å². The molecule has 0 amide bonds. The number of benzene rings is 1. The standard InChI is InChI=1S/C20H30ClN7/c1-4-5-10-22-20(23-13-19-26-25-15(2)27(19)3)24-17-9-11-28(14-17)18-8-6-7-16(21)12-18/h6-8,12,17H,4-5,9-11,13-14H2,1-3H3,(H2,22,23,24). The van der Waals surface area contributed by atoms with E-state index >= 15 is 0 Å². The molecule has 0 spiro atoms. The molecule has 1 unspecified atom stereocenters. The number of hydrogen-bond donors (Lipinski definition) is 2. The first-order valence-corrected chi connectivity index (χ1v) is 10.3. The summed E-state index contributed by atoms with van der Waals surface area (Å²) >= 11 is 6.14. The summed E-state index contributed by atoms with van der Waals surface area (Å²) in [5.74, 6) is 2.60. The van der Waals surface area contributed by atoms with E-state index in [4.69, 9.17) is 16.6 Å². The summed E-state index contributed by atoms with van der Waals surface area (Å²) in [7, 11) is 1.97. The van der Waals surface area contributed by atoms with Gasteiger partial charge >= 0.3 is 0 Å². The van der Waals surface area contributed by atoms with E-state index in [1.165, 1.54) is 5.69 Å². The van der Waals surface area contributed by atoms with Crippen molar-refractivity contribution in [3.8, 4) is 0 Å². The number of nitrogens with zero attached hydrogens (tertiary/aromatic N) is 5. The molecule has 0 saturated carbocycles. The Hall–Kier alpha value is -2.28. The number of aliphatic imine (C=N–C) groups is 1. The molecule has 1 aliphatic rings. The van der Waals surface area contributed by atoms with E-state index in [-0.39, 0.29) is 0 Å². The number of anilines is 1. The Labute approximate surface area is 172 Å². The Kier molecular flexibility index (Phi) is 7.14. The molecule has 1 saturated heterocycles. The molecular weight excluding hydrogens is 374 g/mol. The van der Waals surface area contributed by atoms with Crippen LogP contribution in [0.4, 0.5) is 5.69 Å². The second-order valence-corrected chi connectivity index (χ2v) is 7.66. The quantitative estimate of drug-likeness (QED) is 0.422. The molecule has 2 aromatic rings. The lowest BCUT2D eigenvalue weighted by Gasteiger charge is -2.21. The molecule has 1 fully saturated rings. The van der Waals surface area contributed by atoms with Gasteiger partial charge in [0.05, 0.1) is 0 Å². The van der Waals surface area contributed by atoms with E-state index in [2.05, 4.69) is 38.7 Å². The number of hydrogen-bond acceptors (Lipinski definition) is 4. The van der Waals surface area contributed by atoms with Crippen LogP contribution in [-0.2, 0) is 13.6 Å². The van der Waals surface area contributed by atoms with Crippen molar-refractivity contribution < 1.29 is 0 Å². The van der Waals surface area contributed by atoms with Crippen LogP contribution in [0.15, 0.2) is 29.3 Å². The molecule has 1 atom stereocenters. The summed E-state index contributed by atoms with van der Waals surface area (Å²) in [4.78, 5) is 7.11. The first-order chi connectivity index (χ1) is 13.6. The second-order valence-electron chi connectivity index (χ2n) is 7.22. The Morgan fingerprint density at radius 3 is 2.93 bits per heavy atom. The first-order valence-electron chi connectivity index (χ1n) is 9.97. The minimum absolute atomic E-state index is 0.341. The predicted molar refractivity (Wildman–Crippen MR) is 115 cm³/mol. The normalized spacial score (nSPS) is 17.2. The maximum atomic E-state index is 6.14. The zero-order chi connectivity index (χ0) is 19.9. The average Bonchev–Trinajstić information content (AvgIpc) is 3.27. The zero-order valence-electron chi connectivity index (χ0n) is 17.0. The highest BCUT2D eigenvalue weighted by Gasteiger charge is 2.23. The van der Waals surface area contributed by atoms with Gasteiger partial charge in [-0.1, -0.05) is 31.0 Å². The highest BCUT2D eigenvalue weighted by molar-refractivity contribution is 6.30. The minimum Gasteiger partial charge on any atom is -0.369 e. The molecule has 3 rings (SSSR count). The minimum atomic E-state index is 0.341. The lowest BCUT2D eigenvalue weighted by Crippen LogP contribution is -2.45. The van der Waals surface area contributed by atoms with E-state index < -0.39 is 0 Å². The summed E-state index contributed by atoms with van der Waals surface area (Å²) in [5, 5.41) is 16.1. The Balaban J connectivity index is 1.62. The topological polar surface area (TPSA) is 70.4 Å². The van der Waals surface area contributed by atoms with Gasteiger partial charge in [-0.2, -0.15) is 0 Å². The van der Waals surface area contributed by atoms with Gasteiger partial charge in [0, 0.05) is 43.4 Å². The molecule has 0 radical (unpaired) electrons. The maximum absolute atomic E-state index is 6.14. The number of rotatable bonds is 7. The third kappa shape index (κ3) is 5.38. The zero-order valence-corrected chi connectivity index (χ0v) is 17.7. The van der Waals surface area contributed by atoms with Crippen molar-refractivity contribution in [1.82, 2.24) is 25.4 Å². The number of aryl methyl sites for hydroxylation is 1. The average molecular weight is 404 g/mol. The summed E-state index contributed by atoms with van der Waals surface area (Å²) in [5.41, 5.74) is 1.17. The Morgan fingerprint density at radius 2 is 2.21 bits per heavy atom. The van der Waals surface area contributed by atoms with Gasteiger partial charge in [-0.05, 0) is 38.0 Å². The number of nitrogens with one attached hydrogen (secondary N) is 2. The maximum Gasteiger partial charge on any atom is 0.191 e. The van der Waals surface area contributed by atoms with Crippen molar-refractivity contribution in [1.29, 1.82) is 0 Å². The van der Waals surface area contributed by atoms with Crippen LogP contribution in [0.2, 0.25) is 5.02 Å². The van der Waals surface area contributed by atoms with Gasteiger partial charge in [0.2, 0.25) is 0 Å². The number of unbranched alkanes of at least 4 members (excludes halogenated alkanes) is 1. The Bertz CT molecular complexity index is 802. The van der Waals surface area contributed by atoms with E-state index in [1.807, 2.05) is 36.7 Å². The van der Waals surface area contributed by atoms with Crippen LogP contribution in [0, 0.1) is 6.92 Å². The van der Waals surface area contributed by atoms with Crippen molar-refractivity contribution in [2.45, 2.75) is 45.7 Å². The summed E-state index contributed by atoms with van der Waals surface area (Å²) in [6.45, 7) is 7.48. The fourth-order valence-electron chi connectivity index (χ4n) is 3.25. The highest BCUT2D eigenvalue weighted by atomic mass is 35.5. The van der Waals surface area contributed by atoms with Gasteiger partial charge in [-0.3, -0.25) is 0 Å². The highest BCUT2D eigenvalue weighted by Crippen LogP contribution is 2.23. The van der Waals surface area contributed by atoms with Crippen LogP contribution < -0.4 is 15.5 Å². The van der Waals surface area contributed by atoms with Crippen LogP contribution in [0.25, 0.3) is 0 Å². The first kappa shape index (κ1) is 20.5. The fraction of sp³-hybridized carbons (Fsp3) is 0.550. The number of halogens is 1. The van der Waals surface area contributed by atoms with Crippen LogP contribution in [-0.4, -0.2) is 46.4 Å². The summed E-state index contributed by atoms with van der Waals surface area (Å²) < 4.78 is 1.98. The van der Waals surface area contributed by atoms with Crippen molar-refractivity contribution in [3.05, 3.63) is 40.9 Å². The molecule has 1 aromatic carbocycles. The van der Waals surface area contributed by atoms with Crippen LogP contribution in [0.3, 0.4) is 0 Å². The second kappa shape index (κ2) is 9.78. The van der Waals surface area contributed by atoms with Crippen LogP contribution >= 0.6 is 11.6 Å². The lowest BCUT2D eigenvalue weighted by atomic mass is 10.2. The van der Waals surface area contributed by atoms with Gasteiger partial charge in [0.15, 0.2) is 11.8 Å². The van der Waals surface area contributed by atoms with E-state index in [9.17, 15) is 0 Å². The SMILES string of the molecule is CCCCNC(=NCc1nnc(C)n1C)NC1CCN(c2cccc(Cl)c2)C1. The third-order valence-corrected chi connectivity index (χ3v) is 5.32. The van der Waals surface area contributed by atoms with Crippen molar-refractivity contribution in [2.24, 2.45) is 12.0 Å². The van der Waals surface area contributed by atoms with Crippen molar-refractivity contribution in [3.63, 3.8) is 0 Å². The lowest BCUT2D eigenvalue weighted by molar-refractivity contribution is 0.636. The van der Waals surface area contributed by atoms with Gasteiger partial charge in [-0.15, -0.1) is 10.2 Å². The van der Waals surface area contributed by atoms with E-state index in [1.54, 1.807) is 0 Å². The van der Waals surface area contributed by atoms with Crippen LogP contribution in [0.1, 0.15) is 37.8 Å². The number of aromatic nitrogens is 3. The summed E-state index contributed by atoms with van der Waals surface area (Å²) in [6.07, 6.45) is 3.32. The van der Waals surface area contributed by atoms with Crippen molar-refractivity contribution in [2.75, 3.05) is 24.5 Å². The fourth-order valence-corrected chi connectivity index (χ4v) is 3.44. The van der Waals surface area contributed by atoms with Gasteiger partial charge < -0.3 is 20.1 Å². The van der Waals surface area contributed by atoms with Gasteiger partial charge in [-0.25, -0.2) is 4.99 Å². The largest absolute Gasteiger partial charge is 0.369 e. The van der Waals surface area contributed by atoms with E-state index in [0.717, 1.165) is 61.5 Å². The molecule has 7 nitrogen and oxygen atoms in total. The molecule has 28 heavy (non-hydrogen) atoms. The molecule has 0 bridgehead atoms. The molecule has 0 aliphatic carbocycles. The molecule has 1 aliphatic heterocycles. The molecule has 8 heteroatoms.